The van der Waals surface area contributed by atoms with Gasteiger partial charge in [0, 0.05) is 10.0 Å². The zero-order valence-electron chi connectivity index (χ0n) is 8.95. The molecule has 2 rings (SSSR count). The number of aromatic hydroxyl groups is 1. The molecule has 0 amide bonds. The van der Waals surface area contributed by atoms with Crippen molar-refractivity contribution >= 4 is 43.5 Å². The van der Waals surface area contributed by atoms with E-state index >= 15 is 0 Å². The highest BCUT2D eigenvalue weighted by atomic mass is 79.9. The van der Waals surface area contributed by atoms with E-state index in [1.54, 1.807) is 23.6 Å². The van der Waals surface area contributed by atoms with E-state index in [9.17, 15) is 13.5 Å². The number of hydrogen-bond donors (Lipinski definition) is 1. The highest BCUT2D eigenvalue weighted by molar-refractivity contribution is 9.10. The third-order valence-electron chi connectivity index (χ3n) is 2.07. The zero-order chi connectivity index (χ0) is 13.2. The Morgan fingerprint density at radius 3 is 2.78 bits per heavy atom. The standard InChI is InChI=1S/C11H8BrNO3S2/c12-9-3-4-10(14)8(6-9)7-13-18(15,16)11-2-1-5-17-11/h1-7,14H. The molecule has 0 saturated carbocycles. The molecule has 0 fully saturated rings. The first-order chi connectivity index (χ1) is 8.49. The van der Waals surface area contributed by atoms with Gasteiger partial charge in [0.25, 0.3) is 10.0 Å². The molecule has 0 radical (unpaired) electrons. The predicted molar refractivity (Wildman–Crippen MR) is 74.9 cm³/mol. The minimum absolute atomic E-state index is 0.0247. The second-order valence-electron chi connectivity index (χ2n) is 3.34. The van der Waals surface area contributed by atoms with Crippen LogP contribution in [0.4, 0.5) is 0 Å². The molecule has 7 heteroatoms. The maximum Gasteiger partial charge on any atom is 0.291 e. The number of rotatable bonds is 3. The molecule has 0 bridgehead atoms. The van der Waals surface area contributed by atoms with Gasteiger partial charge < -0.3 is 5.11 Å². The Morgan fingerprint density at radius 1 is 1.33 bits per heavy atom. The van der Waals surface area contributed by atoms with Gasteiger partial charge in [-0.25, -0.2) is 0 Å². The van der Waals surface area contributed by atoms with Crippen molar-refractivity contribution in [2.75, 3.05) is 0 Å². The van der Waals surface area contributed by atoms with Crippen LogP contribution in [0.15, 0.2) is 48.8 Å². The smallest absolute Gasteiger partial charge is 0.291 e. The number of halogens is 1. The molecule has 0 spiro atoms. The van der Waals surface area contributed by atoms with Gasteiger partial charge in [-0.3, -0.25) is 0 Å². The monoisotopic (exact) mass is 345 g/mol. The summed E-state index contributed by atoms with van der Waals surface area (Å²) in [5.74, 6) is -0.0247. The number of thiophene rings is 1. The van der Waals surface area contributed by atoms with Crippen molar-refractivity contribution in [1.29, 1.82) is 0 Å². The van der Waals surface area contributed by atoms with Crippen LogP contribution in [-0.4, -0.2) is 19.7 Å². The molecule has 0 aliphatic carbocycles. The molecule has 1 N–H and O–H groups in total. The van der Waals surface area contributed by atoms with Crippen LogP contribution in [-0.2, 0) is 10.0 Å². The fraction of sp³-hybridized carbons (Fsp3) is 0. The largest absolute Gasteiger partial charge is 0.507 e. The number of phenolic OH excluding ortho intramolecular Hbond substituents is 1. The van der Waals surface area contributed by atoms with Crippen LogP contribution in [0, 0.1) is 0 Å². The Labute approximate surface area is 117 Å². The van der Waals surface area contributed by atoms with E-state index in [4.69, 9.17) is 0 Å². The summed E-state index contributed by atoms with van der Waals surface area (Å²) in [4.78, 5) is 0. The molecule has 4 nitrogen and oxygen atoms in total. The minimum atomic E-state index is -3.68. The number of benzene rings is 1. The van der Waals surface area contributed by atoms with E-state index in [-0.39, 0.29) is 9.96 Å². The topological polar surface area (TPSA) is 66.7 Å². The molecule has 2 aromatic rings. The van der Waals surface area contributed by atoms with E-state index in [0.29, 0.717) is 5.56 Å². The van der Waals surface area contributed by atoms with Crippen LogP contribution in [0.1, 0.15) is 5.56 Å². The van der Waals surface area contributed by atoms with Gasteiger partial charge in [0.2, 0.25) is 0 Å². The van der Waals surface area contributed by atoms with E-state index in [2.05, 4.69) is 20.3 Å². The third-order valence-corrected chi connectivity index (χ3v) is 5.17. The normalized spacial score (nSPS) is 12.1. The summed E-state index contributed by atoms with van der Waals surface area (Å²) in [6.45, 7) is 0. The van der Waals surface area contributed by atoms with Crippen LogP contribution in [0.5, 0.6) is 5.75 Å². The van der Waals surface area contributed by atoms with E-state index < -0.39 is 10.0 Å². The summed E-state index contributed by atoms with van der Waals surface area (Å²) in [5, 5.41) is 11.2. The van der Waals surface area contributed by atoms with Gasteiger partial charge in [0.15, 0.2) is 0 Å². The fourth-order valence-corrected chi connectivity index (χ4v) is 3.43. The van der Waals surface area contributed by atoms with Crippen LogP contribution >= 0.6 is 27.3 Å². The minimum Gasteiger partial charge on any atom is -0.507 e. The van der Waals surface area contributed by atoms with Crippen molar-refractivity contribution in [3.63, 3.8) is 0 Å². The zero-order valence-corrected chi connectivity index (χ0v) is 12.2. The first kappa shape index (κ1) is 13.3. The van der Waals surface area contributed by atoms with Crippen molar-refractivity contribution in [1.82, 2.24) is 0 Å². The molecule has 0 saturated heterocycles. The van der Waals surface area contributed by atoms with Crippen LogP contribution in [0.25, 0.3) is 0 Å². The summed E-state index contributed by atoms with van der Waals surface area (Å²) < 4.78 is 28.0. The van der Waals surface area contributed by atoms with Crippen LogP contribution in [0.3, 0.4) is 0 Å². The lowest BCUT2D eigenvalue weighted by Crippen LogP contribution is -1.95. The molecule has 1 aromatic carbocycles. The highest BCUT2D eigenvalue weighted by Crippen LogP contribution is 2.22. The van der Waals surface area contributed by atoms with Crippen molar-refractivity contribution in [2.24, 2.45) is 4.40 Å². The van der Waals surface area contributed by atoms with E-state index in [1.165, 1.54) is 12.1 Å². The molecule has 0 aliphatic heterocycles. The molecule has 0 atom stereocenters. The second-order valence-corrected chi connectivity index (χ2v) is 7.07. The Morgan fingerprint density at radius 2 is 2.11 bits per heavy atom. The Hall–Kier alpha value is -1.18. The first-order valence-corrected chi connectivity index (χ1v) is 7.93. The molecular weight excluding hydrogens is 338 g/mol. The Kier molecular flexibility index (Phi) is 3.84. The van der Waals surface area contributed by atoms with Crippen LogP contribution in [0.2, 0.25) is 0 Å². The molecular formula is C11H8BrNO3S2. The third kappa shape index (κ3) is 2.98. The van der Waals surface area contributed by atoms with E-state index in [1.807, 2.05) is 0 Å². The first-order valence-electron chi connectivity index (χ1n) is 4.81. The molecule has 0 aliphatic rings. The van der Waals surface area contributed by atoms with Gasteiger partial charge in [-0.2, -0.15) is 12.8 Å². The molecule has 1 heterocycles. The second kappa shape index (κ2) is 5.21. The molecule has 18 heavy (non-hydrogen) atoms. The van der Waals surface area contributed by atoms with Crippen molar-refractivity contribution in [2.45, 2.75) is 4.21 Å². The number of hydrogen-bond acceptors (Lipinski definition) is 4. The predicted octanol–water partition coefficient (Wildman–Crippen LogP) is 3.02. The summed E-state index contributed by atoms with van der Waals surface area (Å²) >= 11 is 4.33. The van der Waals surface area contributed by atoms with Gasteiger partial charge in [-0.1, -0.05) is 22.0 Å². The summed E-state index contributed by atoms with van der Waals surface area (Å²) in [6, 6.07) is 7.83. The number of nitrogens with zero attached hydrogens (tertiary/aromatic N) is 1. The molecule has 1 aromatic heterocycles. The van der Waals surface area contributed by atoms with Gasteiger partial charge in [0.1, 0.15) is 9.96 Å². The lowest BCUT2D eigenvalue weighted by Gasteiger charge is -1.99. The number of phenols is 1. The highest BCUT2D eigenvalue weighted by Gasteiger charge is 2.12. The summed E-state index contributed by atoms with van der Waals surface area (Å²) in [7, 11) is -3.68. The quantitative estimate of drug-likeness (QED) is 0.869. The average molecular weight is 346 g/mol. The van der Waals surface area contributed by atoms with Gasteiger partial charge in [-0.05, 0) is 29.6 Å². The molecule has 94 valence electrons. The van der Waals surface area contributed by atoms with Crippen molar-refractivity contribution in [3.8, 4) is 5.75 Å². The lowest BCUT2D eigenvalue weighted by atomic mass is 10.2. The van der Waals surface area contributed by atoms with Crippen molar-refractivity contribution < 1.29 is 13.5 Å². The number of sulfonamides is 1. The van der Waals surface area contributed by atoms with Gasteiger partial charge in [0.05, 0.1) is 6.21 Å². The van der Waals surface area contributed by atoms with Crippen LogP contribution < -0.4 is 0 Å². The SMILES string of the molecule is O=S(=O)(N=Cc1cc(Br)ccc1O)c1cccs1. The lowest BCUT2D eigenvalue weighted by molar-refractivity contribution is 0.474. The van der Waals surface area contributed by atoms with Gasteiger partial charge in [-0.15, -0.1) is 11.3 Å². The van der Waals surface area contributed by atoms with Gasteiger partial charge >= 0.3 is 0 Å². The van der Waals surface area contributed by atoms with E-state index in [0.717, 1.165) is 22.0 Å². The average Bonchev–Trinajstić information content (AvgIpc) is 2.85. The maximum absolute atomic E-state index is 11.8. The maximum atomic E-state index is 11.8. The Balaban J connectivity index is 2.34. The molecule has 0 unspecified atom stereocenters. The fourth-order valence-electron chi connectivity index (χ4n) is 1.22. The Bertz CT molecular complexity index is 678. The summed E-state index contributed by atoms with van der Waals surface area (Å²) in [5.41, 5.74) is 0.338. The summed E-state index contributed by atoms with van der Waals surface area (Å²) in [6.07, 6.45) is 1.13. The van der Waals surface area contributed by atoms with Crippen molar-refractivity contribution in [3.05, 3.63) is 45.7 Å².